The third-order valence-electron chi connectivity index (χ3n) is 4.04. The van der Waals surface area contributed by atoms with E-state index in [0.717, 1.165) is 36.1 Å². The molecule has 1 aliphatic carbocycles. The van der Waals surface area contributed by atoms with Crippen LogP contribution < -0.4 is 4.74 Å². The molecule has 1 N–H and O–H groups in total. The van der Waals surface area contributed by atoms with Gasteiger partial charge in [0.25, 0.3) is 0 Å². The lowest BCUT2D eigenvalue weighted by Crippen LogP contribution is -2.12. The van der Waals surface area contributed by atoms with Crippen molar-refractivity contribution >= 4 is 0 Å². The summed E-state index contributed by atoms with van der Waals surface area (Å²) >= 11 is 0. The van der Waals surface area contributed by atoms with Gasteiger partial charge in [-0.15, -0.1) is 0 Å². The summed E-state index contributed by atoms with van der Waals surface area (Å²) in [6.07, 6.45) is 2.82. The zero-order chi connectivity index (χ0) is 13.8. The minimum atomic E-state index is -0.225. The fraction of sp³-hybridized carbons (Fsp3) is 0.333. The Bertz CT molecular complexity index is 550. The van der Waals surface area contributed by atoms with Crippen molar-refractivity contribution in [2.45, 2.75) is 37.9 Å². The highest BCUT2D eigenvalue weighted by molar-refractivity contribution is 5.37. The number of para-hydroxylation sites is 1. The number of hydrogen-bond acceptors (Lipinski definition) is 2. The molecule has 104 valence electrons. The second kappa shape index (κ2) is 6.10. The van der Waals surface area contributed by atoms with Crippen molar-refractivity contribution in [3.8, 4) is 5.75 Å². The molecule has 20 heavy (non-hydrogen) atoms. The van der Waals surface area contributed by atoms with Gasteiger partial charge in [0.1, 0.15) is 12.4 Å². The standard InChI is InChI=1S/C18H20O2/c19-17-11-6-10-15(17)16-9-4-5-12-18(16)20-13-14-7-2-1-3-8-14/h1-5,7-9,12,15,17,19H,6,10-11,13H2/t15-,17+/m0/s1. The molecule has 0 radical (unpaired) electrons. The molecular formula is C18H20O2. The minimum absolute atomic E-state index is 0.224. The van der Waals surface area contributed by atoms with Crippen LogP contribution in [-0.4, -0.2) is 11.2 Å². The van der Waals surface area contributed by atoms with E-state index >= 15 is 0 Å². The Hall–Kier alpha value is -1.80. The van der Waals surface area contributed by atoms with Crippen LogP contribution in [0, 0.1) is 0 Å². The first kappa shape index (κ1) is 13.2. The van der Waals surface area contributed by atoms with Gasteiger partial charge in [-0.2, -0.15) is 0 Å². The summed E-state index contributed by atoms with van der Waals surface area (Å²) in [5.74, 6) is 1.13. The van der Waals surface area contributed by atoms with Crippen molar-refractivity contribution < 1.29 is 9.84 Å². The summed E-state index contributed by atoms with van der Waals surface area (Å²) in [6.45, 7) is 0.570. The smallest absolute Gasteiger partial charge is 0.123 e. The fourth-order valence-electron chi connectivity index (χ4n) is 2.96. The van der Waals surface area contributed by atoms with Gasteiger partial charge in [0.2, 0.25) is 0 Å². The third-order valence-corrected chi connectivity index (χ3v) is 4.04. The maximum absolute atomic E-state index is 10.1. The largest absolute Gasteiger partial charge is 0.489 e. The Morgan fingerprint density at radius 3 is 2.45 bits per heavy atom. The van der Waals surface area contributed by atoms with Crippen molar-refractivity contribution in [2.24, 2.45) is 0 Å². The molecule has 0 aromatic heterocycles. The van der Waals surface area contributed by atoms with Crippen molar-refractivity contribution in [1.82, 2.24) is 0 Å². The number of ether oxygens (including phenoxy) is 1. The van der Waals surface area contributed by atoms with Gasteiger partial charge in [-0.3, -0.25) is 0 Å². The average molecular weight is 268 g/mol. The van der Waals surface area contributed by atoms with Crippen molar-refractivity contribution in [3.05, 3.63) is 65.7 Å². The molecule has 0 aliphatic heterocycles. The van der Waals surface area contributed by atoms with E-state index in [1.807, 2.05) is 36.4 Å². The van der Waals surface area contributed by atoms with Gasteiger partial charge >= 0.3 is 0 Å². The predicted octanol–water partition coefficient (Wildman–Crippen LogP) is 3.89. The number of rotatable bonds is 4. The molecule has 0 heterocycles. The number of aliphatic hydroxyl groups excluding tert-OH is 1. The zero-order valence-corrected chi connectivity index (χ0v) is 11.5. The first-order chi connectivity index (χ1) is 9.84. The molecule has 2 atom stereocenters. The molecule has 0 bridgehead atoms. The van der Waals surface area contributed by atoms with Crippen LogP contribution in [0.5, 0.6) is 5.75 Å². The summed E-state index contributed by atoms with van der Waals surface area (Å²) in [7, 11) is 0. The Kier molecular flexibility index (Phi) is 4.03. The number of hydrogen-bond donors (Lipinski definition) is 1. The summed E-state index contributed by atoms with van der Waals surface area (Å²) < 4.78 is 5.97. The Morgan fingerprint density at radius 2 is 1.70 bits per heavy atom. The summed E-state index contributed by atoms with van der Waals surface area (Å²) in [4.78, 5) is 0. The second-order valence-corrected chi connectivity index (χ2v) is 5.42. The van der Waals surface area contributed by atoms with Gasteiger partial charge in [0.15, 0.2) is 0 Å². The molecule has 2 nitrogen and oxygen atoms in total. The van der Waals surface area contributed by atoms with Crippen LogP contribution in [0.1, 0.15) is 36.3 Å². The molecule has 2 aromatic carbocycles. The van der Waals surface area contributed by atoms with Crippen molar-refractivity contribution in [2.75, 3.05) is 0 Å². The van der Waals surface area contributed by atoms with E-state index in [1.165, 1.54) is 0 Å². The summed E-state index contributed by atoms with van der Waals surface area (Å²) in [6, 6.07) is 18.3. The molecule has 1 aliphatic rings. The van der Waals surface area contributed by atoms with Crippen LogP contribution >= 0.6 is 0 Å². The topological polar surface area (TPSA) is 29.5 Å². The first-order valence-electron chi connectivity index (χ1n) is 7.28. The van der Waals surface area contributed by atoms with Gasteiger partial charge in [-0.1, -0.05) is 55.0 Å². The van der Waals surface area contributed by atoms with Gasteiger partial charge < -0.3 is 9.84 Å². The van der Waals surface area contributed by atoms with Crippen LogP contribution in [0.15, 0.2) is 54.6 Å². The third kappa shape index (κ3) is 2.86. The molecule has 1 saturated carbocycles. The maximum Gasteiger partial charge on any atom is 0.123 e. The van der Waals surface area contributed by atoms with Crippen LogP contribution in [0.25, 0.3) is 0 Å². The van der Waals surface area contributed by atoms with Crippen LogP contribution in [0.2, 0.25) is 0 Å². The molecular weight excluding hydrogens is 248 g/mol. The lowest BCUT2D eigenvalue weighted by molar-refractivity contribution is 0.161. The normalized spacial score (nSPS) is 21.9. The van der Waals surface area contributed by atoms with Crippen molar-refractivity contribution in [1.29, 1.82) is 0 Å². The van der Waals surface area contributed by atoms with Crippen LogP contribution in [0.3, 0.4) is 0 Å². The van der Waals surface area contributed by atoms with Gasteiger partial charge in [0, 0.05) is 5.92 Å². The molecule has 1 fully saturated rings. The first-order valence-corrected chi connectivity index (χ1v) is 7.28. The van der Waals surface area contributed by atoms with E-state index in [9.17, 15) is 5.11 Å². The Labute approximate surface area is 120 Å². The molecule has 0 unspecified atom stereocenters. The predicted molar refractivity (Wildman–Crippen MR) is 79.8 cm³/mol. The zero-order valence-electron chi connectivity index (χ0n) is 11.5. The van der Waals surface area contributed by atoms with Gasteiger partial charge in [-0.25, -0.2) is 0 Å². The summed E-state index contributed by atoms with van der Waals surface area (Å²) in [5, 5.41) is 10.1. The molecule has 2 heteroatoms. The van der Waals surface area contributed by atoms with Gasteiger partial charge in [-0.05, 0) is 30.0 Å². The van der Waals surface area contributed by atoms with E-state index < -0.39 is 0 Å². The quantitative estimate of drug-likeness (QED) is 0.911. The highest BCUT2D eigenvalue weighted by atomic mass is 16.5. The minimum Gasteiger partial charge on any atom is -0.489 e. The van der Waals surface area contributed by atoms with Crippen LogP contribution in [-0.2, 0) is 6.61 Å². The Morgan fingerprint density at radius 1 is 0.950 bits per heavy atom. The van der Waals surface area contributed by atoms with Crippen LogP contribution in [0.4, 0.5) is 0 Å². The molecule has 0 saturated heterocycles. The average Bonchev–Trinajstić information content (AvgIpc) is 2.92. The molecule has 3 rings (SSSR count). The lowest BCUT2D eigenvalue weighted by atomic mass is 9.95. The Balaban J connectivity index is 1.76. The maximum atomic E-state index is 10.1. The van der Waals surface area contributed by atoms with E-state index in [0.29, 0.717) is 6.61 Å². The van der Waals surface area contributed by atoms with E-state index in [-0.39, 0.29) is 12.0 Å². The van der Waals surface area contributed by atoms with E-state index in [1.54, 1.807) is 0 Å². The number of benzene rings is 2. The fourth-order valence-corrected chi connectivity index (χ4v) is 2.96. The lowest BCUT2D eigenvalue weighted by Gasteiger charge is -2.19. The highest BCUT2D eigenvalue weighted by Gasteiger charge is 2.28. The molecule has 0 amide bonds. The van der Waals surface area contributed by atoms with E-state index in [4.69, 9.17) is 4.74 Å². The molecule has 2 aromatic rings. The number of aliphatic hydroxyl groups is 1. The second-order valence-electron chi connectivity index (χ2n) is 5.42. The van der Waals surface area contributed by atoms with E-state index in [2.05, 4.69) is 18.2 Å². The van der Waals surface area contributed by atoms with Crippen molar-refractivity contribution in [3.63, 3.8) is 0 Å². The highest BCUT2D eigenvalue weighted by Crippen LogP contribution is 2.39. The monoisotopic (exact) mass is 268 g/mol. The SMILES string of the molecule is O[C@@H]1CCC[C@H]1c1ccccc1OCc1ccccc1. The molecule has 0 spiro atoms. The van der Waals surface area contributed by atoms with Gasteiger partial charge in [0.05, 0.1) is 6.10 Å². The summed E-state index contributed by atoms with van der Waals surface area (Å²) in [5.41, 5.74) is 2.31.